The SMILES string of the molecule is COC(=O)C(=Cc1ccccc1S)COc1cccc2ccc(C)nc12. The molecule has 0 N–H and O–H groups in total. The van der Waals surface area contributed by atoms with E-state index in [1.807, 2.05) is 61.5 Å². The van der Waals surface area contributed by atoms with Crippen LogP contribution in [0, 0.1) is 6.92 Å². The molecule has 0 bridgehead atoms. The highest BCUT2D eigenvalue weighted by molar-refractivity contribution is 7.80. The monoisotopic (exact) mass is 365 g/mol. The molecule has 0 unspecified atom stereocenters. The Morgan fingerprint density at radius 2 is 1.92 bits per heavy atom. The van der Waals surface area contributed by atoms with Crippen molar-refractivity contribution in [2.24, 2.45) is 0 Å². The second-order valence-corrected chi connectivity index (χ2v) is 6.27. The molecule has 1 aromatic heterocycles. The number of hydrogen-bond acceptors (Lipinski definition) is 5. The largest absolute Gasteiger partial charge is 0.486 e. The summed E-state index contributed by atoms with van der Waals surface area (Å²) in [5.41, 5.74) is 2.90. The summed E-state index contributed by atoms with van der Waals surface area (Å²) in [6.45, 7) is 2.00. The molecular weight excluding hydrogens is 346 g/mol. The standard InChI is InChI=1S/C21H19NO3S/c1-14-10-11-15-7-5-8-18(20(15)22-14)25-13-17(21(23)24-2)12-16-6-3-4-9-19(16)26/h3-12,26H,13H2,1-2H3. The fourth-order valence-corrected chi connectivity index (χ4v) is 2.80. The second-order valence-electron chi connectivity index (χ2n) is 5.79. The van der Waals surface area contributed by atoms with Crippen LogP contribution < -0.4 is 4.74 Å². The zero-order valence-electron chi connectivity index (χ0n) is 14.6. The Labute approximate surface area is 157 Å². The highest BCUT2D eigenvalue weighted by Gasteiger charge is 2.13. The molecule has 4 nitrogen and oxygen atoms in total. The average molecular weight is 365 g/mol. The van der Waals surface area contributed by atoms with E-state index in [0.717, 1.165) is 27.1 Å². The van der Waals surface area contributed by atoms with Crippen LogP contribution in [0.15, 0.2) is 65.1 Å². The van der Waals surface area contributed by atoms with Crippen molar-refractivity contribution in [2.45, 2.75) is 11.8 Å². The van der Waals surface area contributed by atoms with E-state index < -0.39 is 5.97 Å². The number of hydrogen-bond donors (Lipinski definition) is 1. The predicted molar refractivity (Wildman–Crippen MR) is 106 cm³/mol. The maximum atomic E-state index is 12.2. The van der Waals surface area contributed by atoms with Crippen molar-refractivity contribution >= 4 is 35.6 Å². The molecule has 5 heteroatoms. The normalized spacial score (nSPS) is 11.4. The van der Waals surface area contributed by atoms with E-state index in [1.54, 1.807) is 6.08 Å². The zero-order valence-corrected chi connectivity index (χ0v) is 15.5. The van der Waals surface area contributed by atoms with Gasteiger partial charge in [-0.05, 0) is 36.8 Å². The first-order chi connectivity index (χ1) is 12.6. The Balaban J connectivity index is 1.91. The summed E-state index contributed by atoms with van der Waals surface area (Å²) in [5, 5.41) is 0.984. The van der Waals surface area contributed by atoms with E-state index in [1.165, 1.54) is 7.11 Å². The minimum Gasteiger partial charge on any atom is -0.486 e. The number of ether oxygens (including phenoxy) is 2. The number of aromatic nitrogens is 1. The number of aryl methyl sites for hydroxylation is 1. The van der Waals surface area contributed by atoms with E-state index in [-0.39, 0.29) is 6.61 Å². The molecule has 0 spiro atoms. The first-order valence-corrected chi connectivity index (χ1v) is 8.59. The third-order valence-electron chi connectivity index (χ3n) is 3.92. The molecule has 3 rings (SSSR count). The van der Waals surface area contributed by atoms with Crippen LogP contribution in [-0.2, 0) is 9.53 Å². The van der Waals surface area contributed by atoms with E-state index in [0.29, 0.717) is 11.3 Å². The number of carbonyl (C=O) groups is 1. The molecule has 3 aromatic rings. The minimum atomic E-state index is -0.439. The van der Waals surface area contributed by atoms with Gasteiger partial charge in [-0.15, -0.1) is 12.6 Å². The van der Waals surface area contributed by atoms with Crippen molar-refractivity contribution in [3.8, 4) is 5.75 Å². The van der Waals surface area contributed by atoms with Gasteiger partial charge in [-0.3, -0.25) is 0 Å². The van der Waals surface area contributed by atoms with Gasteiger partial charge >= 0.3 is 5.97 Å². The number of nitrogens with zero attached hydrogens (tertiary/aromatic N) is 1. The maximum absolute atomic E-state index is 12.2. The predicted octanol–water partition coefficient (Wildman–Crippen LogP) is 4.47. The summed E-state index contributed by atoms with van der Waals surface area (Å²) in [7, 11) is 1.35. The van der Waals surface area contributed by atoms with Crippen molar-refractivity contribution < 1.29 is 14.3 Å². The van der Waals surface area contributed by atoms with E-state index >= 15 is 0 Å². The lowest BCUT2D eigenvalue weighted by atomic mass is 10.1. The van der Waals surface area contributed by atoms with Crippen LogP contribution in [0.2, 0.25) is 0 Å². The molecule has 0 aliphatic heterocycles. The lowest BCUT2D eigenvalue weighted by Gasteiger charge is -2.11. The van der Waals surface area contributed by atoms with Crippen LogP contribution in [0.3, 0.4) is 0 Å². The molecule has 0 saturated heterocycles. The van der Waals surface area contributed by atoms with Crippen LogP contribution in [0.5, 0.6) is 5.75 Å². The lowest BCUT2D eigenvalue weighted by Crippen LogP contribution is -2.13. The first-order valence-electron chi connectivity index (χ1n) is 8.14. The highest BCUT2D eigenvalue weighted by Crippen LogP contribution is 2.25. The third-order valence-corrected chi connectivity index (χ3v) is 4.33. The van der Waals surface area contributed by atoms with Gasteiger partial charge in [0.1, 0.15) is 17.9 Å². The fourth-order valence-electron chi connectivity index (χ4n) is 2.58. The average Bonchev–Trinajstić information content (AvgIpc) is 2.66. The number of methoxy groups -OCH3 is 1. The molecule has 26 heavy (non-hydrogen) atoms. The van der Waals surface area contributed by atoms with Gasteiger partial charge < -0.3 is 9.47 Å². The Hall–Kier alpha value is -2.79. The number of benzene rings is 2. The highest BCUT2D eigenvalue weighted by atomic mass is 32.1. The van der Waals surface area contributed by atoms with Gasteiger partial charge in [-0.25, -0.2) is 9.78 Å². The smallest absolute Gasteiger partial charge is 0.337 e. The van der Waals surface area contributed by atoms with Gasteiger partial charge in [-0.2, -0.15) is 0 Å². The zero-order chi connectivity index (χ0) is 18.5. The van der Waals surface area contributed by atoms with Crippen molar-refractivity contribution in [2.75, 3.05) is 13.7 Å². The van der Waals surface area contributed by atoms with Crippen LogP contribution in [0.4, 0.5) is 0 Å². The topological polar surface area (TPSA) is 48.4 Å². The van der Waals surface area contributed by atoms with Gasteiger partial charge in [-0.1, -0.05) is 36.4 Å². The Morgan fingerprint density at radius 1 is 1.12 bits per heavy atom. The number of para-hydroxylation sites is 1. The quantitative estimate of drug-likeness (QED) is 0.412. The van der Waals surface area contributed by atoms with Crippen molar-refractivity contribution in [3.05, 3.63) is 71.4 Å². The first kappa shape index (κ1) is 18.0. The maximum Gasteiger partial charge on any atom is 0.337 e. The molecule has 1 heterocycles. The Morgan fingerprint density at radius 3 is 2.69 bits per heavy atom. The molecule has 132 valence electrons. The molecule has 0 aliphatic carbocycles. The van der Waals surface area contributed by atoms with Crippen LogP contribution in [0.25, 0.3) is 17.0 Å². The van der Waals surface area contributed by atoms with Crippen molar-refractivity contribution in [3.63, 3.8) is 0 Å². The van der Waals surface area contributed by atoms with E-state index in [4.69, 9.17) is 9.47 Å². The van der Waals surface area contributed by atoms with Crippen LogP contribution in [0.1, 0.15) is 11.3 Å². The summed E-state index contributed by atoms with van der Waals surface area (Å²) >= 11 is 4.42. The molecule has 2 aromatic carbocycles. The molecule has 0 aliphatic rings. The third kappa shape index (κ3) is 4.06. The van der Waals surface area contributed by atoms with Gasteiger partial charge in [0.25, 0.3) is 0 Å². The number of thiol groups is 1. The number of carbonyl (C=O) groups excluding carboxylic acids is 1. The molecule has 0 fully saturated rings. The van der Waals surface area contributed by atoms with Crippen LogP contribution >= 0.6 is 12.6 Å². The Bertz CT molecular complexity index is 982. The minimum absolute atomic E-state index is 0.0729. The van der Waals surface area contributed by atoms with Gasteiger partial charge in [0.05, 0.1) is 12.7 Å². The number of fused-ring (bicyclic) bond motifs is 1. The number of pyridine rings is 1. The van der Waals surface area contributed by atoms with Gasteiger partial charge in [0, 0.05) is 16.0 Å². The summed E-state index contributed by atoms with van der Waals surface area (Å²) in [6, 6.07) is 17.2. The van der Waals surface area contributed by atoms with Crippen molar-refractivity contribution in [1.29, 1.82) is 0 Å². The second kappa shape index (κ2) is 8.06. The summed E-state index contributed by atoms with van der Waals surface area (Å²) < 4.78 is 10.8. The van der Waals surface area contributed by atoms with E-state index in [9.17, 15) is 4.79 Å². The summed E-state index contributed by atoms with van der Waals surface area (Å²) in [5.74, 6) is 0.186. The van der Waals surface area contributed by atoms with Gasteiger partial charge in [0.2, 0.25) is 0 Å². The molecular formula is C21H19NO3S. The van der Waals surface area contributed by atoms with Crippen LogP contribution in [-0.4, -0.2) is 24.7 Å². The van der Waals surface area contributed by atoms with Gasteiger partial charge in [0.15, 0.2) is 0 Å². The van der Waals surface area contributed by atoms with Crippen molar-refractivity contribution in [1.82, 2.24) is 4.98 Å². The molecule has 0 saturated carbocycles. The Kier molecular flexibility index (Phi) is 5.58. The van der Waals surface area contributed by atoms with E-state index in [2.05, 4.69) is 17.6 Å². The molecule has 0 atom stereocenters. The molecule has 0 amide bonds. The summed E-state index contributed by atoms with van der Waals surface area (Å²) in [6.07, 6.45) is 1.73. The fraction of sp³-hybridized carbons (Fsp3) is 0.143. The lowest BCUT2D eigenvalue weighted by molar-refractivity contribution is -0.136. The number of esters is 1. The molecule has 0 radical (unpaired) electrons. The number of rotatable bonds is 5. The summed E-state index contributed by atoms with van der Waals surface area (Å²) in [4.78, 5) is 17.5.